The van der Waals surface area contributed by atoms with Crippen molar-refractivity contribution in [3.63, 3.8) is 0 Å². The number of benzene rings is 2. The third-order valence-electron chi connectivity index (χ3n) is 5.00. The molecule has 1 N–H and O–H groups in total. The van der Waals surface area contributed by atoms with Crippen molar-refractivity contribution in [1.82, 2.24) is 15.1 Å². The molecule has 166 valence electrons. The van der Waals surface area contributed by atoms with Crippen LogP contribution >= 0.6 is 22.9 Å². The van der Waals surface area contributed by atoms with Gasteiger partial charge in [-0.1, -0.05) is 29.0 Å². The van der Waals surface area contributed by atoms with Gasteiger partial charge in [-0.15, -0.1) is 10.2 Å². The molecule has 0 aliphatic carbocycles. The summed E-state index contributed by atoms with van der Waals surface area (Å²) in [4.78, 5) is 27.0. The molecule has 1 saturated heterocycles. The number of nitrogens with zero attached hydrogens (tertiary/aromatic N) is 3. The predicted molar refractivity (Wildman–Crippen MR) is 121 cm³/mol. The van der Waals surface area contributed by atoms with Crippen LogP contribution in [0.4, 0.5) is 5.69 Å². The number of carbonyl (C=O) groups excluding carboxylic acids is 2. The molecule has 2 aromatic carbocycles. The highest BCUT2D eigenvalue weighted by Gasteiger charge is 2.33. The molecular weight excluding hydrogens is 452 g/mol. The maximum absolute atomic E-state index is 12.8. The number of hydrogen-bond donors (Lipinski definition) is 1. The molecule has 0 saturated carbocycles. The largest absolute Gasteiger partial charge is 0.497 e. The van der Waals surface area contributed by atoms with Gasteiger partial charge < -0.3 is 19.7 Å². The summed E-state index contributed by atoms with van der Waals surface area (Å²) in [6, 6.07) is 13.7. The van der Waals surface area contributed by atoms with Crippen molar-refractivity contribution in [3.05, 3.63) is 63.6 Å². The molecule has 1 aliphatic rings. The summed E-state index contributed by atoms with van der Waals surface area (Å²) in [7, 11) is 1.59. The molecule has 1 fully saturated rings. The van der Waals surface area contributed by atoms with Crippen LogP contribution in [0.1, 0.15) is 33.7 Å². The monoisotopic (exact) mass is 472 g/mol. The first-order valence-electron chi connectivity index (χ1n) is 10.00. The summed E-state index contributed by atoms with van der Waals surface area (Å²) in [6.45, 7) is 0.531. The summed E-state index contributed by atoms with van der Waals surface area (Å²) < 4.78 is 10.7. The molecule has 8 nitrogen and oxygen atoms in total. The van der Waals surface area contributed by atoms with Gasteiger partial charge in [-0.05, 0) is 55.3 Å². The lowest BCUT2D eigenvalue weighted by Gasteiger charge is -2.22. The quantitative estimate of drug-likeness (QED) is 0.554. The van der Waals surface area contributed by atoms with Crippen molar-refractivity contribution < 1.29 is 19.1 Å². The second kappa shape index (κ2) is 9.97. The van der Waals surface area contributed by atoms with E-state index in [1.54, 1.807) is 60.5 Å². The predicted octanol–water partition coefficient (Wildman–Crippen LogP) is 4.19. The van der Waals surface area contributed by atoms with Gasteiger partial charge in [0, 0.05) is 17.3 Å². The molecule has 0 radical (unpaired) electrons. The van der Waals surface area contributed by atoms with Crippen molar-refractivity contribution in [2.24, 2.45) is 0 Å². The molecule has 10 heteroatoms. The molecule has 2 amide bonds. The minimum atomic E-state index is -0.366. The van der Waals surface area contributed by atoms with Gasteiger partial charge in [-0.3, -0.25) is 9.59 Å². The average Bonchev–Trinajstić information content (AvgIpc) is 3.47. The van der Waals surface area contributed by atoms with Gasteiger partial charge in [0.05, 0.1) is 13.2 Å². The van der Waals surface area contributed by atoms with E-state index < -0.39 is 0 Å². The van der Waals surface area contributed by atoms with E-state index in [0.717, 1.165) is 18.6 Å². The van der Waals surface area contributed by atoms with Crippen molar-refractivity contribution >= 4 is 40.4 Å². The molecule has 0 unspecified atom stereocenters. The van der Waals surface area contributed by atoms with Gasteiger partial charge >= 0.3 is 0 Å². The lowest BCUT2D eigenvalue weighted by atomic mass is 10.2. The van der Waals surface area contributed by atoms with Crippen LogP contribution < -0.4 is 14.8 Å². The third-order valence-corrected chi connectivity index (χ3v) is 6.26. The van der Waals surface area contributed by atoms with Gasteiger partial charge in [0.1, 0.15) is 16.5 Å². The van der Waals surface area contributed by atoms with Crippen LogP contribution in [0.15, 0.2) is 48.5 Å². The number of hydrogen-bond acceptors (Lipinski definition) is 7. The second-order valence-corrected chi connectivity index (χ2v) is 8.56. The van der Waals surface area contributed by atoms with Gasteiger partial charge in [0.2, 0.25) is 5.01 Å². The smallest absolute Gasteiger partial charge is 0.286 e. The highest BCUT2D eigenvalue weighted by Crippen LogP contribution is 2.34. The Morgan fingerprint density at radius 3 is 2.72 bits per heavy atom. The number of rotatable bonds is 7. The number of likely N-dealkylation sites (tertiary alicyclic amines) is 1. The first-order chi connectivity index (χ1) is 15.5. The number of nitrogens with one attached hydrogen (secondary N) is 1. The minimum Gasteiger partial charge on any atom is -0.497 e. The number of ether oxygens (including phenoxy) is 2. The molecule has 3 aromatic rings. The molecule has 32 heavy (non-hydrogen) atoms. The van der Waals surface area contributed by atoms with Crippen LogP contribution in [-0.4, -0.2) is 47.2 Å². The average molecular weight is 473 g/mol. The van der Waals surface area contributed by atoms with E-state index in [9.17, 15) is 9.59 Å². The zero-order valence-electron chi connectivity index (χ0n) is 17.3. The number of amides is 2. The molecule has 1 aliphatic heterocycles. The maximum Gasteiger partial charge on any atom is 0.286 e. The fourth-order valence-corrected chi connectivity index (χ4v) is 4.51. The molecular formula is C22H21ClN4O4S. The van der Waals surface area contributed by atoms with E-state index in [0.29, 0.717) is 28.0 Å². The number of carbonyl (C=O) groups is 2. The molecule has 1 atom stereocenters. The molecule has 1 aromatic heterocycles. The van der Waals surface area contributed by atoms with Gasteiger partial charge in [0.25, 0.3) is 11.8 Å². The van der Waals surface area contributed by atoms with E-state index in [2.05, 4.69) is 15.5 Å². The minimum absolute atomic E-state index is 0.0796. The maximum atomic E-state index is 12.8. The SMILES string of the molecule is COc1ccc(OCC(=O)N2CCC[C@H]2c2nnc(C(=O)Nc3cccc(Cl)c3)s2)cc1. The van der Waals surface area contributed by atoms with Gasteiger partial charge in [-0.2, -0.15) is 0 Å². The highest BCUT2D eigenvalue weighted by atomic mass is 35.5. The summed E-state index contributed by atoms with van der Waals surface area (Å²) in [5.74, 6) is 0.804. The molecule has 0 spiro atoms. The topological polar surface area (TPSA) is 93.7 Å². The molecule has 2 heterocycles. The van der Waals surface area contributed by atoms with Gasteiger partial charge in [0.15, 0.2) is 6.61 Å². The Kier molecular flexibility index (Phi) is 6.87. The van der Waals surface area contributed by atoms with Crippen molar-refractivity contribution in [3.8, 4) is 11.5 Å². The van der Waals surface area contributed by atoms with E-state index in [4.69, 9.17) is 21.1 Å². The highest BCUT2D eigenvalue weighted by molar-refractivity contribution is 7.13. The molecule has 0 bridgehead atoms. The summed E-state index contributed by atoms with van der Waals surface area (Å²) >= 11 is 7.14. The normalized spacial score (nSPS) is 15.4. The fourth-order valence-electron chi connectivity index (χ4n) is 3.43. The standard InChI is InChI=1S/C22H21ClN4O4S/c1-30-16-7-9-17(10-8-16)31-13-19(28)27-11-3-6-18(27)21-25-26-22(32-21)20(29)24-15-5-2-4-14(23)12-15/h2,4-5,7-10,12,18H,3,6,11,13H2,1H3,(H,24,29)/t18-/m0/s1. The van der Waals surface area contributed by atoms with Crippen LogP contribution in [0.5, 0.6) is 11.5 Å². The zero-order chi connectivity index (χ0) is 22.5. The summed E-state index contributed by atoms with van der Waals surface area (Å²) in [5.41, 5.74) is 0.576. The fraction of sp³-hybridized carbons (Fsp3) is 0.273. The zero-order valence-corrected chi connectivity index (χ0v) is 18.9. The van der Waals surface area contributed by atoms with Crippen molar-refractivity contribution in [2.45, 2.75) is 18.9 Å². The number of aromatic nitrogens is 2. The summed E-state index contributed by atoms with van der Waals surface area (Å²) in [6.07, 6.45) is 1.61. The van der Waals surface area contributed by atoms with E-state index in [-0.39, 0.29) is 29.5 Å². The lowest BCUT2D eigenvalue weighted by molar-refractivity contribution is -0.134. The number of anilines is 1. The number of methoxy groups -OCH3 is 1. The van der Waals surface area contributed by atoms with Crippen LogP contribution in [0.3, 0.4) is 0 Å². The van der Waals surface area contributed by atoms with Crippen LogP contribution in [-0.2, 0) is 4.79 Å². The number of halogens is 1. The Labute approximate surface area is 194 Å². The Hall–Kier alpha value is -3.17. The van der Waals surface area contributed by atoms with E-state index in [1.165, 1.54) is 11.3 Å². The van der Waals surface area contributed by atoms with E-state index in [1.807, 2.05) is 0 Å². The Morgan fingerprint density at radius 2 is 1.97 bits per heavy atom. The van der Waals surface area contributed by atoms with Crippen LogP contribution in [0.25, 0.3) is 0 Å². The third kappa shape index (κ3) is 5.17. The second-order valence-electron chi connectivity index (χ2n) is 7.12. The first kappa shape index (κ1) is 22.0. The summed E-state index contributed by atoms with van der Waals surface area (Å²) in [5, 5.41) is 12.4. The lowest BCUT2D eigenvalue weighted by Crippen LogP contribution is -2.34. The van der Waals surface area contributed by atoms with Crippen molar-refractivity contribution in [2.75, 3.05) is 25.6 Å². The Morgan fingerprint density at radius 1 is 1.19 bits per heavy atom. The van der Waals surface area contributed by atoms with E-state index >= 15 is 0 Å². The van der Waals surface area contributed by atoms with Crippen molar-refractivity contribution in [1.29, 1.82) is 0 Å². The Balaban J connectivity index is 1.38. The Bertz CT molecular complexity index is 1110. The molecule has 4 rings (SSSR count). The van der Waals surface area contributed by atoms with Crippen LogP contribution in [0.2, 0.25) is 5.02 Å². The first-order valence-corrected chi connectivity index (χ1v) is 11.2. The van der Waals surface area contributed by atoms with Gasteiger partial charge in [-0.25, -0.2) is 0 Å². The van der Waals surface area contributed by atoms with Crippen LogP contribution in [0, 0.1) is 0 Å².